The monoisotopic (exact) mass is 269 g/mol. The molecule has 2 aromatic carbocycles. The summed E-state index contributed by atoms with van der Waals surface area (Å²) in [7, 11) is 1.08. The van der Waals surface area contributed by atoms with Crippen molar-refractivity contribution < 1.29 is 0 Å². The number of rotatable bonds is 5. The van der Waals surface area contributed by atoms with Crippen LogP contribution in [0.4, 0.5) is 0 Å². The molecule has 0 fully saturated rings. The molecule has 1 unspecified atom stereocenters. The zero-order valence-electron chi connectivity index (χ0n) is 12.1. The highest BCUT2D eigenvalue weighted by molar-refractivity contribution is 6.19. The lowest BCUT2D eigenvalue weighted by atomic mass is 9.84. The Labute approximate surface area is 119 Å². The van der Waals surface area contributed by atoms with Crippen molar-refractivity contribution in [1.82, 2.24) is 5.32 Å². The highest BCUT2D eigenvalue weighted by atomic mass is 28.1. The Morgan fingerprint density at radius 3 is 1.74 bits per heavy atom. The average Bonchev–Trinajstić information content (AvgIpc) is 2.48. The largest absolute Gasteiger partial charge is 0.314 e. The molecule has 2 heteroatoms. The van der Waals surface area contributed by atoms with E-state index in [2.05, 4.69) is 79.8 Å². The molecule has 0 aliphatic rings. The molecule has 19 heavy (non-hydrogen) atoms. The van der Waals surface area contributed by atoms with E-state index >= 15 is 0 Å². The topological polar surface area (TPSA) is 12.0 Å². The van der Waals surface area contributed by atoms with Crippen molar-refractivity contribution in [2.75, 3.05) is 6.54 Å². The van der Waals surface area contributed by atoms with Gasteiger partial charge in [-0.1, -0.05) is 67.6 Å². The van der Waals surface area contributed by atoms with Crippen LogP contribution in [0.1, 0.15) is 25.0 Å². The Morgan fingerprint density at radius 1 is 0.947 bits per heavy atom. The van der Waals surface area contributed by atoms with E-state index < -0.39 is 0 Å². The highest BCUT2D eigenvalue weighted by Crippen LogP contribution is 2.32. The Hall–Kier alpha value is -1.38. The Kier molecular flexibility index (Phi) is 4.56. The van der Waals surface area contributed by atoms with Gasteiger partial charge >= 0.3 is 0 Å². The summed E-state index contributed by atoms with van der Waals surface area (Å²) in [5.74, 6) is 0. The molecule has 0 saturated carbocycles. The van der Waals surface area contributed by atoms with Crippen LogP contribution < -0.4 is 5.32 Å². The van der Waals surface area contributed by atoms with E-state index in [0.29, 0.717) is 6.04 Å². The van der Waals surface area contributed by atoms with Crippen LogP contribution >= 0.6 is 0 Å². The Balaban J connectivity index is 2.51. The van der Waals surface area contributed by atoms with E-state index in [1.165, 1.54) is 11.1 Å². The van der Waals surface area contributed by atoms with Gasteiger partial charge in [-0.25, -0.2) is 0 Å². The molecule has 1 atom stereocenters. The second kappa shape index (κ2) is 6.18. The molecule has 2 rings (SSSR count). The van der Waals surface area contributed by atoms with Crippen LogP contribution in [0, 0.1) is 0 Å². The third kappa shape index (κ3) is 2.80. The number of benzene rings is 2. The summed E-state index contributed by atoms with van der Waals surface area (Å²) in [6.07, 6.45) is 0. The van der Waals surface area contributed by atoms with Crippen molar-refractivity contribution >= 4 is 10.2 Å². The second-order valence-corrected chi connectivity index (χ2v) is 6.79. The number of hydrogen-bond donors (Lipinski definition) is 1. The van der Waals surface area contributed by atoms with Crippen LogP contribution in [0.3, 0.4) is 0 Å². The van der Waals surface area contributed by atoms with E-state index in [4.69, 9.17) is 0 Å². The van der Waals surface area contributed by atoms with Crippen molar-refractivity contribution in [3.8, 4) is 0 Å². The van der Waals surface area contributed by atoms with Gasteiger partial charge in [-0.15, -0.1) is 0 Å². The average molecular weight is 269 g/mol. The normalized spacial score (nSPS) is 13.4. The number of hydrogen-bond acceptors (Lipinski definition) is 1. The first kappa shape index (κ1) is 14.0. The SMILES string of the molecule is CCNC(C)C([SiH3])(c1ccccc1)c1ccccc1. The van der Waals surface area contributed by atoms with Crippen LogP contribution in [0.25, 0.3) is 0 Å². The van der Waals surface area contributed by atoms with Crippen LogP contribution in [0.2, 0.25) is 0 Å². The van der Waals surface area contributed by atoms with E-state index in [1.54, 1.807) is 0 Å². The smallest absolute Gasteiger partial charge is 0.0238 e. The third-order valence-corrected chi connectivity index (χ3v) is 6.14. The quantitative estimate of drug-likeness (QED) is 0.821. The Bertz CT molecular complexity index is 456. The molecule has 0 aliphatic heterocycles. The minimum atomic E-state index is 0.124. The highest BCUT2D eigenvalue weighted by Gasteiger charge is 2.34. The lowest BCUT2D eigenvalue weighted by Gasteiger charge is -2.37. The number of nitrogens with one attached hydrogen (secondary N) is 1. The predicted octanol–water partition coefficient (Wildman–Crippen LogP) is 2.29. The van der Waals surface area contributed by atoms with Crippen LogP contribution in [0.5, 0.6) is 0 Å². The summed E-state index contributed by atoms with van der Waals surface area (Å²) in [6, 6.07) is 22.2. The van der Waals surface area contributed by atoms with Gasteiger partial charge in [0, 0.05) is 21.3 Å². The molecule has 2 aromatic rings. The van der Waals surface area contributed by atoms with E-state index in [9.17, 15) is 0 Å². The van der Waals surface area contributed by atoms with Crippen LogP contribution in [-0.4, -0.2) is 22.8 Å². The molecule has 100 valence electrons. The number of likely N-dealkylation sites (N-methyl/N-ethyl adjacent to an activating group) is 1. The fourth-order valence-electron chi connectivity index (χ4n) is 2.75. The molecule has 0 heterocycles. The summed E-state index contributed by atoms with van der Waals surface area (Å²) in [6.45, 7) is 5.48. The lowest BCUT2D eigenvalue weighted by Crippen LogP contribution is -2.48. The molecule has 0 aromatic heterocycles. The van der Waals surface area contributed by atoms with E-state index in [1.807, 2.05) is 0 Å². The van der Waals surface area contributed by atoms with E-state index in [0.717, 1.165) is 16.8 Å². The summed E-state index contributed by atoms with van der Waals surface area (Å²) < 4.78 is 0. The first-order chi connectivity index (χ1) is 9.19. The van der Waals surface area contributed by atoms with Gasteiger partial charge in [-0.2, -0.15) is 0 Å². The molecule has 0 saturated heterocycles. The van der Waals surface area contributed by atoms with Crippen LogP contribution in [0.15, 0.2) is 60.7 Å². The molecule has 0 radical (unpaired) electrons. The molecule has 0 bridgehead atoms. The van der Waals surface area contributed by atoms with Crippen LogP contribution in [-0.2, 0) is 5.04 Å². The van der Waals surface area contributed by atoms with Crippen molar-refractivity contribution in [1.29, 1.82) is 0 Å². The van der Waals surface area contributed by atoms with Gasteiger partial charge in [0.1, 0.15) is 0 Å². The van der Waals surface area contributed by atoms with Gasteiger partial charge in [0.2, 0.25) is 0 Å². The van der Waals surface area contributed by atoms with Gasteiger partial charge in [0.05, 0.1) is 0 Å². The first-order valence-corrected chi connectivity index (χ1v) is 8.04. The van der Waals surface area contributed by atoms with E-state index in [-0.39, 0.29) is 5.04 Å². The van der Waals surface area contributed by atoms with Crippen molar-refractivity contribution in [3.05, 3.63) is 71.8 Å². The standard InChI is InChI=1S/C17H23NSi/c1-3-18-14(2)17(19,15-10-6-4-7-11-15)16-12-8-5-9-13-16/h4-14,18H,3H2,1-2,19H3. The third-order valence-electron chi connectivity index (χ3n) is 4.12. The molecule has 0 aliphatic carbocycles. The first-order valence-electron chi connectivity index (χ1n) is 7.04. The summed E-state index contributed by atoms with van der Waals surface area (Å²) >= 11 is 0. The van der Waals surface area contributed by atoms with Gasteiger partial charge < -0.3 is 5.32 Å². The van der Waals surface area contributed by atoms with Crippen molar-refractivity contribution in [3.63, 3.8) is 0 Å². The molecule has 0 amide bonds. The minimum absolute atomic E-state index is 0.124. The summed E-state index contributed by atoms with van der Waals surface area (Å²) in [4.78, 5) is 0. The van der Waals surface area contributed by atoms with Gasteiger partial charge in [-0.3, -0.25) is 0 Å². The maximum absolute atomic E-state index is 3.62. The fraction of sp³-hybridized carbons (Fsp3) is 0.294. The lowest BCUT2D eigenvalue weighted by molar-refractivity contribution is 0.473. The van der Waals surface area contributed by atoms with Gasteiger partial charge in [0.25, 0.3) is 0 Å². The van der Waals surface area contributed by atoms with Crippen molar-refractivity contribution in [2.24, 2.45) is 0 Å². The maximum atomic E-state index is 3.62. The molecule has 1 N–H and O–H groups in total. The fourth-order valence-corrected chi connectivity index (χ4v) is 3.62. The summed E-state index contributed by atoms with van der Waals surface area (Å²) in [5, 5.41) is 3.74. The molecule has 0 spiro atoms. The minimum Gasteiger partial charge on any atom is -0.314 e. The van der Waals surface area contributed by atoms with Crippen molar-refractivity contribution in [2.45, 2.75) is 24.9 Å². The van der Waals surface area contributed by atoms with Gasteiger partial charge in [0.15, 0.2) is 0 Å². The zero-order chi connectivity index (χ0) is 13.7. The maximum Gasteiger partial charge on any atom is 0.0238 e. The predicted molar refractivity (Wildman–Crippen MR) is 86.7 cm³/mol. The molecular weight excluding hydrogens is 246 g/mol. The Morgan fingerprint density at radius 2 is 1.37 bits per heavy atom. The zero-order valence-corrected chi connectivity index (χ0v) is 14.1. The molecular formula is C17H23NSi. The van der Waals surface area contributed by atoms with Gasteiger partial charge in [-0.05, 0) is 24.6 Å². The molecule has 1 nitrogen and oxygen atoms in total. The summed E-state index contributed by atoms with van der Waals surface area (Å²) in [5.41, 5.74) is 2.84. The second-order valence-electron chi connectivity index (χ2n) is 5.21.